The quantitative estimate of drug-likeness (QED) is 0.638. The monoisotopic (exact) mass is 460 g/mol. The molecule has 0 aromatic heterocycles. The van der Waals surface area contributed by atoms with E-state index in [1.165, 1.54) is 32.2 Å². The number of rotatable bonds is 7. The number of nitrogens with one attached hydrogen (secondary N) is 1. The van der Waals surface area contributed by atoms with Crippen molar-refractivity contribution in [3.05, 3.63) is 53.6 Å². The molecular formula is C23H28N2O6S. The van der Waals surface area contributed by atoms with Crippen LogP contribution in [0, 0.1) is 0 Å². The molecule has 0 aliphatic carbocycles. The Morgan fingerprint density at radius 1 is 1.09 bits per heavy atom. The number of carbonyl (C=O) groups is 2. The molecule has 0 saturated carbocycles. The van der Waals surface area contributed by atoms with Crippen molar-refractivity contribution < 1.29 is 27.5 Å². The van der Waals surface area contributed by atoms with Crippen molar-refractivity contribution in [2.45, 2.75) is 50.7 Å². The summed E-state index contributed by atoms with van der Waals surface area (Å²) in [6.07, 6.45) is 0.678. The number of sulfonamides is 1. The van der Waals surface area contributed by atoms with E-state index in [0.717, 1.165) is 24.1 Å². The number of anilines is 1. The first-order valence-electron chi connectivity index (χ1n) is 10.4. The number of amides is 1. The molecule has 9 heteroatoms. The zero-order valence-electron chi connectivity index (χ0n) is 18.6. The van der Waals surface area contributed by atoms with Gasteiger partial charge in [0.25, 0.3) is 5.91 Å². The summed E-state index contributed by atoms with van der Waals surface area (Å²) < 4.78 is 38.3. The van der Waals surface area contributed by atoms with Crippen molar-refractivity contribution in [1.29, 1.82) is 0 Å². The largest absolute Gasteiger partial charge is 0.495 e. The van der Waals surface area contributed by atoms with Gasteiger partial charge in [-0.05, 0) is 63.4 Å². The van der Waals surface area contributed by atoms with Crippen molar-refractivity contribution >= 4 is 27.6 Å². The Hall–Kier alpha value is -2.91. The number of esters is 1. The van der Waals surface area contributed by atoms with Crippen LogP contribution in [-0.2, 0) is 26.0 Å². The molecule has 1 atom stereocenters. The molecule has 8 nitrogen and oxygen atoms in total. The highest BCUT2D eigenvalue weighted by molar-refractivity contribution is 7.89. The van der Waals surface area contributed by atoms with Crippen LogP contribution in [0.5, 0.6) is 5.75 Å². The number of hydrogen-bond acceptors (Lipinski definition) is 6. The SMILES string of the molecule is COc1ccc(C(=O)OC(C)C(=O)N2CCCc3ccccc32)cc1S(=O)(=O)NC(C)C. The van der Waals surface area contributed by atoms with Crippen LogP contribution >= 0.6 is 0 Å². The summed E-state index contributed by atoms with van der Waals surface area (Å²) in [7, 11) is -2.57. The summed E-state index contributed by atoms with van der Waals surface area (Å²) in [4.78, 5) is 27.2. The number of ether oxygens (including phenoxy) is 2. The van der Waals surface area contributed by atoms with Crippen molar-refractivity contribution in [3.63, 3.8) is 0 Å². The lowest BCUT2D eigenvalue weighted by Gasteiger charge is -2.31. The van der Waals surface area contributed by atoms with Gasteiger partial charge in [0.05, 0.1) is 12.7 Å². The Morgan fingerprint density at radius 3 is 2.50 bits per heavy atom. The van der Waals surface area contributed by atoms with Crippen LogP contribution < -0.4 is 14.4 Å². The van der Waals surface area contributed by atoms with Gasteiger partial charge in [-0.2, -0.15) is 0 Å². The first-order chi connectivity index (χ1) is 15.1. The molecule has 1 aliphatic rings. The maximum Gasteiger partial charge on any atom is 0.338 e. The van der Waals surface area contributed by atoms with E-state index >= 15 is 0 Å². The topological polar surface area (TPSA) is 102 Å². The van der Waals surface area contributed by atoms with E-state index in [1.807, 2.05) is 24.3 Å². The highest BCUT2D eigenvalue weighted by Gasteiger charge is 2.29. The summed E-state index contributed by atoms with van der Waals surface area (Å²) >= 11 is 0. The minimum atomic E-state index is -3.91. The van der Waals surface area contributed by atoms with Crippen molar-refractivity contribution in [2.24, 2.45) is 0 Å². The molecule has 2 aromatic carbocycles. The average Bonchev–Trinajstić information content (AvgIpc) is 2.76. The van der Waals surface area contributed by atoms with Gasteiger partial charge < -0.3 is 14.4 Å². The van der Waals surface area contributed by atoms with Gasteiger partial charge in [0, 0.05) is 18.3 Å². The molecule has 0 fully saturated rings. The van der Waals surface area contributed by atoms with Crippen LogP contribution in [0.2, 0.25) is 0 Å². The number of fused-ring (bicyclic) bond motifs is 1. The van der Waals surface area contributed by atoms with E-state index in [-0.39, 0.29) is 28.2 Å². The molecule has 172 valence electrons. The molecule has 32 heavy (non-hydrogen) atoms. The third-order valence-electron chi connectivity index (χ3n) is 5.09. The minimum Gasteiger partial charge on any atom is -0.495 e. The van der Waals surface area contributed by atoms with Gasteiger partial charge in [-0.3, -0.25) is 4.79 Å². The molecule has 1 heterocycles. The lowest BCUT2D eigenvalue weighted by Crippen LogP contribution is -2.42. The van der Waals surface area contributed by atoms with E-state index in [2.05, 4.69) is 4.72 Å². The van der Waals surface area contributed by atoms with E-state index in [0.29, 0.717) is 6.54 Å². The van der Waals surface area contributed by atoms with Crippen LogP contribution in [0.15, 0.2) is 47.4 Å². The Morgan fingerprint density at radius 2 is 1.81 bits per heavy atom. The first-order valence-corrected chi connectivity index (χ1v) is 11.9. The summed E-state index contributed by atoms with van der Waals surface area (Å²) in [6.45, 7) is 5.44. The molecule has 0 radical (unpaired) electrons. The Labute approximate surface area is 188 Å². The number of para-hydroxylation sites is 1. The second-order valence-corrected chi connectivity index (χ2v) is 9.59. The van der Waals surface area contributed by atoms with Crippen molar-refractivity contribution in [1.82, 2.24) is 4.72 Å². The predicted octanol–water partition coefficient (Wildman–Crippen LogP) is 2.91. The maximum atomic E-state index is 13.0. The molecule has 0 bridgehead atoms. The number of aryl methyl sites for hydroxylation is 1. The van der Waals surface area contributed by atoms with Crippen LogP contribution in [0.25, 0.3) is 0 Å². The molecule has 1 amide bonds. The number of hydrogen-bond donors (Lipinski definition) is 1. The molecular weight excluding hydrogens is 432 g/mol. The first kappa shape index (κ1) is 23.7. The molecule has 1 N–H and O–H groups in total. The van der Waals surface area contributed by atoms with Crippen LogP contribution in [-0.4, -0.2) is 46.1 Å². The highest BCUT2D eigenvalue weighted by atomic mass is 32.2. The lowest BCUT2D eigenvalue weighted by molar-refractivity contribution is -0.126. The highest BCUT2D eigenvalue weighted by Crippen LogP contribution is 2.28. The standard InChI is InChI=1S/C23H28N2O6S/c1-15(2)24-32(28,29)21-14-18(11-12-20(21)30-4)23(27)31-16(3)22(26)25-13-7-9-17-8-5-6-10-19(17)25/h5-6,8,10-12,14-16,24H,7,9,13H2,1-4H3. The normalized spacial score (nSPS) is 14.6. The Balaban J connectivity index is 1.80. The van der Waals surface area contributed by atoms with Gasteiger partial charge in [-0.15, -0.1) is 0 Å². The fourth-order valence-corrected chi connectivity index (χ4v) is 5.09. The van der Waals surface area contributed by atoms with Crippen LogP contribution in [0.1, 0.15) is 43.1 Å². The average molecular weight is 461 g/mol. The fraction of sp³-hybridized carbons (Fsp3) is 0.391. The van der Waals surface area contributed by atoms with Gasteiger partial charge in [0.2, 0.25) is 10.0 Å². The second kappa shape index (κ2) is 9.70. The van der Waals surface area contributed by atoms with Crippen molar-refractivity contribution in [2.75, 3.05) is 18.6 Å². The van der Waals surface area contributed by atoms with E-state index < -0.39 is 22.1 Å². The number of methoxy groups -OCH3 is 1. The maximum absolute atomic E-state index is 13.0. The number of carbonyl (C=O) groups excluding carboxylic acids is 2. The third-order valence-corrected chi connectivity index (χ3v) is 6.77. The van der Waals surface area contributed by atoms with E-state index in [4.69, 9.17) is 9.47 Å². The molecule has 1 aliphatic heterocycles. The summed E-state index contributed by atoms with van der Waals surface area (Å²) in [5.41, 5.74) is 1.91. The van der Waals surface area contributed by atoms with Gasteiger partial charge in [-0.25, -0.2) is 17.9 Å². The van der Waals surface area contributed by atoms with Crippen LogP contribution in [0.4, 0.5) is 5.69 Å². The Bertz CT molecular complexity index is 1110. The summed E-state index contributed by atoms with van der Waals surface area (Å²) in [5, 5.41) is 0. The van der Waals surface area contributed by atoms with E-state index in [9.17, 15) is 18.0 Å². The van der Waals surface area contributed by atoms with Crippen molar-refractivity contribution in [3.8, 4) is 5.75 Å². The smallest absolute Gasteiger partial charge is 0.338 e. The van der Waals surface area contributed by atoms with Gasteiger partial charge in [0.15, 0.2) is 6.10 Å². The molecule has 0 saturated heterocycles. The molecule has 0 spiro atoms. The summed E-state index contributed by atoms with van der Waals surface area (Å²) in [5.74, 6) is -1.02. The van der Waals surface area contributed by atoms with Gasteiger partial charge in [0.1, 0.15) is 10.6 Å². The second-order valence-electron chi connectivity index (χ2n) is 7.91. The van der Waals surface area contributed by atoms with E-state index in [1.54, 1.807) is 18.7 Å². The molecule has 1 unspecified atom stereocenters. The molecule has 2 aromatic rings. The van der Waals surface area contributed by atoms with Crippen LogP contribution in [0.3, 0.4) is 0 Å². The predicted molar refractivity (Wildman–Crippen MR) is 120 cm³/mol. The Kier molecular flexibility index (Phi) is 7.20. The van der Waals surface area contributed by atoms with Gasteiger partial charge >= 0.3 is 5.97 Å². The molecule has 3 rings (SSSR count). The third kappa shape index (κ3) is 5.11. The fourth-order valence-electron chi connectivity index (χ4n) is 3.65. The number of benzene rings is 2. The summed E-state index contributed by atoms with van der Waals surface area (Å²) in [6, 6.07) is 11.3. The number of nitrogens with zero attached hydrogens (tertiary/aromatic N) is 1. The lowest BCUT2D eigenvalue weighted by atomic mass is 10.0. The zero-order valence-corrected chi connectivity index (χ0v) is 19.4. The minimum absolute atomic E-state index is 0.00799. The zero-order chi connectivity index (χ0) is 23.5. The van der Waals surface area contributed by atoms with Gasteiger partial charge in [-0.1, -0.05) is 18.2 Å².